The fourth-order valence-electron chi connectivity index (χ4n) is 1.63. The molecular formula is C9H15NO3. The first-order valence-corrected chi connectivity index (χ1v) is 4.30. The standard InChI is InChI=1S/C9H15NO3/c1-4-5-7(11)8-6(2)13-9(12)10(8)3/h4,6-8,11H,1,5H2,2-3H3/t6-,7-,8+/m0/s1. The van der Waals surface area contributed by atoms with Crippen LogP contribution >= 0.6 is 0 Å². The van der Waals surface area contributed by atoms with Crippen LogP contribution in [-0.2, 0) is 4.74 Å². The van der Waals surface area contributed by atoms with E-state index >= 15 is 0 Å². The third kappa shape index (κ3) is 1.83. The van der Waals surface area contributed by atoms with Crippen molar-refractivity contribution in [2.24, 2.45) is 0 Å². The molecule has 1 saturated heterocycles. The van der Waals surface area contributed by atoms with Crippen molar-refractivity contribution in [3.63, 3.8) is 0 Å². The second-order valence-corrected chi connectivity index (χ2v) is 3.28. The zero-order valence-electron chi connectivity index (χ0n) is 7.93. The van der Waals surface area contributed by atoms with Crippen LogP contribution in [0.25, 0.3) is 0 Å². The van der Waals surface area contributed by atoms with Crippen LogP contribution in [0.4, 0.5) is 4.79 Å². The summed E-state index contributed by atoms with van der Waals surface area (Å²) in [5.41, 5.74) is 0. The van der Waals surface area contributed by atoms with E-state index in [4.69, 9.17) is 4.74 Å². The van der Waals surface area contributed by atoms with Crippen LogP contribution < -0.4 is 0 Å². The topological polar surface area (TPSA) is 49.8 Å². The van der Waals surface area contributed by atoms with E-state index in [0.717, 1.165) is 0 Å². The lowest BCUT2D eigenvalue weighted by Crippen LogP contribution is -2.42. The molecular weight excluding hydrogens is 170 g/mol. The quantitative estimate of drug-likeness (QED) is 0.660. The molecule has 0 bridgehead atoms. The van der Waals surface area contributed by atoms with E-state index in [-0.39, 0.29) is 18.2 Å². The van der Waals surface area contributed by atoms with Crippen LogP contribution in [0.2, 0.25) is 0 Å². The molecule has 1 rings (SSSR count). The van der Waals surface area contributed by atoms with E-state index in [9.17, 15) is 9.90 Å². The van der Waals surface area contributed by atoms with Crippen LogP contribution in [0.1, 0.15) is 13.3 Å². The number of carbonyl (C=O) groups excluding carboxylic acids is 1. The zero-order valence-corrected chi connectivity index (χ0v) is 7.93. The molecule has 4 heteroatoms. The molecule has 1 aliphatic heterocycles. The Bertz CT molecular complexity index is 217. The first-order chi connectivity index (χ1) is 6.07. The fraction of sp³-hybridized carbons (Fsp3) is 0.667. The van der Waals surface area contributed by atoms with Gasteiger partial charge in [0.15, 0.2) is 0 Å². The summed E-state index contributed by atoms with van der Waals surface area (Å²) in [6, 6.07) is -0.259. The van der Waals surface area contributed by atoms with Gasteiger partial charge in [-0.15, -0.1) is 6.58 Å². The first-order valence-electron chi connectivity index (χ1n) is 4.30. The smallest absolute Gasteiger partial charge is 0.410 e. The highest BCUT2D eigenvalue weighted by atomic mass is 16.6. The second kappa shape index (κ2) is 3.79. The van der Waals surface area contributed by atoms with Crippen LogP contribution in [0.3, 0.4) is 0 Å². The van der Waals surface area contributed by atoms with Gasteiger partial charge in [0.25, 0.3) is 0 Å². The van der Waals surface area contributed by atoms with Crippen molar-refractivity contribution in [3.8, 4) is 0 Å². The number of likely N-dealkylation sites (N-methyl/N-ethyl adjacent to an activating group) is 1. The normalized spacial score (nSPS) is 30.1. The van der Waals surface area contributed by atoms with Gasteiger partial charge >= 0.3 is 6.09 Å². The summed E-state index contributed by atoms with van der Waals surface area (Å²) in [4.78, 5) is 12.5. The van der Waals surface area contributed by atoms with E-state index in [0.29, 0.717) is 6.42 Å². The minimum Gasteiger partial charge on any atom is -0.444 e. The van der Waals surface area contributed by atoms with E-state index in [2.05, 4.69) is 6.58 Å². The number of hydrogen-bond acceptors (Lipinski definition) is 3. The summed E-state index contributed by atoms with van der Waals surface area (Å²) < 4.78 is 4.95. The number of carbonyl (C=O) groups is 1. The van der Waals surface area contributed by atoms with Gasteiger partial charge in [-0.3, -0.25) is 0 Å². The van der Waals surface area contributed by atoms with E-state index in [1.807, 2.05) is 0 Å². The summed E-state index contributed by atoms with van der Waals surface area (Å²) in [6.45, 7) is 5.31. The van der Waals surface area contributed by atoms with Gasteiger partial charge in [-0.1, -0.05) is 6.08 Å². The zero-order chi connectivity index (χ0) is 10.0. The molecule has 0 aromatic heterocycles. The molecule has 0 unspecified atom stereocenters. The van der Waals surface area contributed by atoms with Crippen LogP contribution in [0.15, 0.2) is 12.7 Å². The lowest BCUT2D eigenvalue weighted by Gasteiger charge is -2.23. The molecule has 0 radical (unpaired) electrons. The van der Waals surface area contributed by atoms with Crippen molar-refractivity contribution >= 4 is 6.09 Å². The number of amides is 1. The average molecular weight is 185 g/mol. The highest BCUT2D eigenvalue weighted by Gasteiger charge is 2.40. The van der Waals surface area contributed by atoms with Gasteiger partial charge in [0.1, 0.15) is 6.10 Å². The molecule has 0 saturated carbocycles. The summed E-state index contributed by atoms with van der Waals surface area (Å²) in [5, 5.41) is 9.66. The van der Waals surface area contributed by atoms with E-state index < -0.39 is 6.10 Å². The predicted molar refractivity (Wildman–Crippen MR) is 48.3 cm³/mol. The van der Waals surface area contributed by atoms with Crippen LogP contribution in [0.5, 0.6) is 0 Å². The van der Waals surface area contributed by atoms with Gasteiger partial charge in [-0.25, -0.2) is 4.79 Å². The first kappa shape index (κ1) is 10.1. The Morgan fingerprint density at radius 1 is 1.85 bits per heavy atom. The Morgan fingerprint density at radius 3 is 2.85 bits per heavy atom. The molecule has 0 aromatic carbocycles. The average Bonchev–Trinajstić information content (AvgIpc) is 2.27. The van der Waals surface area contributed by atoms with Crippen molar-refractivity contribution in [3.05, 3.63) is 12.7 Å². The molecule has 1 heterocycles. The minimum atomic E-state index is -0.594. The SMILES string of the molecule is C=CC[C@H](O)[C@H]1[C@H](C)OC(=O)N1C. The summed E-state index contributed by atoms with van der Waals surface area (Å²) in [5.74, 6) is 0. The maximum Gasteiger partial charge on any atom is 0.410 e. The Morgan fingerprint density at radius 2 is 2.46 bits per heavy atom. The largest absolute Gasteiger partial charge is 0.444 e. The van der Waals surface area contributed by atoms with Gasteiger partial charge in [-0.2, -0.15) is 0 Å². The molecule has 0 aromatic rings. The number of cyclic esters (lactones) is 1. The molecule has 1 fully saturated rings. The minimum absolute atomic E-state index is 0.257. The fourth-order valence-corrected chi connectivity index (χ4v) is 1.63. The molecule has 13 heavy (non-hydrogen) atoms. The summed E-state index contributed by atoms with van der Waals surface area (Å²) >= 11 is 0. The van der Waals surface area contributed by atoms with Crippen molar-refractivity contribution in [2.45, 2.75) is 31.6 Å². The van der Waals surface area contributed by atoms with Crippen molar-refractivity contribution in [2.75, 3.05) is 7.05 Å². The van der Waals surface area contributed by atoms with Crippen molar-refractivity contribution in [1.82, 2.24) is 4.90 Å². The van der Waals surface area contributed by atoms with Gasteiger partial charge in [-0.05, 0) is 13.3 Å². The third-order valence-electron chi connectivity index (χ3n) is 2.31. The van der Waals surface area contributed by atoms with Crippen LogP contribution in [0, 0.1) is 0 Å². The van der Waals surface area contributed by atoms with Gasteiger partial charge in [0.2, 0.25) is 0 Å². The second-order valence-electron chi connectivity index (χ2n) is 3.28. The third-order valence-corrected chi connectivity index (χ3v) is 2.31. The molecule has 4 nitrogen and oxygen atoms in total. The lowest BCUT2D eigenvalue weighted by molar-refractivity contribution is 0.0704. The monoisotopic (exact) mass is 185 g/mol. The maximum atomic E-state index is 11.1. The van der Waals surface area contributed by atoms with Crippen molar-refractivity contribution in [1.29, 1.82) is 0 Å². The number of nitrogens with zero attached hydrogens (tertiary/aromatic N) is 1. The Labute approximate surface area is 77.8 Å². The maximum absolute atomic E-state index is 11.1. The molecule has 1 N–H and O–H groups in total. The Kier molecular flexibility index (Phi) is 2.93. The molecule has 74 valence electrons. The number of aliphatic hydroxyl groups is 1. The Balaban J connectivity index is 2.67. The lowest BCUT2D eigenvalue weighted by atomic mass is 10.0. The van der Waals surface area contributed by atoms with E-state index in [1.54, 1.807) is 20.0 Å². The molecule has 1 amide bonds. The number of aliphatic hydroxyl groups excluding tert-OH is 1. The number of hydrogen-bond donors (Lipinski definition) is 1. The van der Waals surface area contributed by atoms with E-state index in [1.165, 1.54) is 4.90 Å². The van der Waals surface area contributed by atoms with Gasteiger partial charge in [0, 0.05) is 7.05 Å². The van der Waals surface area contributed by atoms with Crippen molar-refractivity contribution < 1.29 is 14.6 Å². The molecule has 0 spiro atoms. The predicted octanol–water partition coefficient (Wildman–Crippen LogP) is 0.762. The van der Waals surface area contributed by atoms with Gasteiger partial charge < -0.3 is 14.7 Å². The highest BCUT2D eigenvalue weighted by Crippen LogP contribution is 2.21. The van der Waals surface area contributed by atoms with Crippen LogP contribution in [-0.4, -0.2) is 41.4 Å². The Hall–Kier alpha value is -1.03. The van der Waals surface area contributed by atoms with Gasteiger partial charge in [0.05, 0.1) is 12.1 Å². The molecule has 1 aliphatic rings. The highest BCUT2D eigenvalue weighted by molar-refractivity contribution is 5.70. The summed E-state index contributed by atoms with van der Waals surface area (Å²) in [7, 11) is 1.63. The molecule has 3 atom stereocenters. The molecule has 0 aliphatic carbocycles. The number of ether oxygens (including phenoxy) is 1. The number of rotatable bonds is 3. The summed E-state index contributed by atoms with van der Waals surface area (Å²) in [6.07, 6.45) is 0.876.